The summed E-state index contributed by atoms with van der Waals surface area (Å²) in [5, 5.41) is 13.9. The Morgan fingerprint density at radius 1 is 1.03 bits per heavy atom. The van der Waals surface area contributed by atoms with Gasteiger partial charge < -0.3 is 5.32 Å². The molecule has 0 amide bonds. The molecule has 1 fully saturated rings. The van der Waals surface area contributed by atoms with Crippen LogP contribution < -0.4 is 5.32 Å². The molecule has 5 rings (SSSR count). The molecule has 0 unspecified atom stereocenters. The van der Waals surface area contributed by atoms with E-state index in [0.717, 1.165) is 59.7 Å². The fourth-order valence-corrected chi connectivity index (χ4v) is 4.27. The number of aromatic nitrogens is 5. The molecular weight excluding hydrogens is 434 g/mol. The van der Waals surface area contributed by atoms with Gasteiger partial charge in [0, 0.05) is 47.8 Å². The normalized spacial score (nSPS) is 14.5. The monoisotopic (exact) mass is 459 g/mol. The lowest BCUT2D eigenvalue weighted by Gasteiger charge is -2.12. The van der Waals surface area contributed by atoms with E-state index in [4.69, 9.17) is 16.6 Å². The second-order valence-electron chi connectivity index (χ2n) is 8.25. The number of likely N-dealkylation sites (tertiary alicyclic amines) is 1. The summed E-state index contributed by atoms with van der Waals surface area (Å²) >= 11 is 6.27. The summed E-state index contributed by atoms with van der Waals surface area (Å²) in [6, 6.07) is 11.8. The second-order valence-corrected chi connectivity index (χ2v) is 8.69. The lowest BCUT2D eigenvalue weighted by atomic mass is 10.1. The molecule has 1 N–H and O–H groups in total. The Balaban J connectivity index is 1.29. The van der Waals surface area contributed by atoms with Crippen LogP contribution in [0.3, 0.4) is 0 Å². The minimum absolute atomic E-state index is 0.690. The second kappa shape index (κ2) is 10.1. The topological polar surface area (TPSA) is 71.8 Å². The number of anilines is 1. The maximum atomic E-state index is 6.27. The Hall–Kier alpha value is -3.29. The van der Waals surface area contributed by atoms with Crippen molar-refractivity contribution in [2.75, 3.05) is 25.0 Å². The van der Waals surface area contributed by atoms with Crippen molar-refractivity contribution in [3.63, 3.8) is 0 Å². The highest BCUT2D eigenvalue weighted by Crippen LogP contribution is 2.27. The van der Waals surface area contributed by atoms with Gasteiger partial charge in [-0.05, 0) is 74.0 Å². The van der Waals surface area contributed by atoms with Gasteiger partial charge in [0.2, 0.25) is 0 Å². The van der Waals surface area contributed by atoms with E-state index < -0.39 is 0 Å². The Labute approximate surface area is 198 Å². The maximum absolute atomic E-state index is 6.27. The van der Waals surface area contributed by atoms with Crippen LogP contribution in [-0.4, -0.2) is 49.5 Å². The Morgan fingerprint density at radius 3 is 2.73 bits per heavy atom. The number of benzene rings is 1. The van der Waals surface area contributed by atoms with E-state index in [-0.39, 0.29) is 0 Å². The van der Waals surface area contributed by atoms with Crippen molar-refractivity contribution in [1.82, 2.24) is 29.9 Å². The van der Waals surface area contributed by atoms with E-state index >= 15 is 0 Å². The molecule has 0 bridgehead atoms. The van der Waals surface area contributed by atoms with Gasteiger partial charge >= 0.3 is 0 Å². The molecule has 1 saturated heterocycles. The predicted molar refractivity (Wildman–Crippen MR) is 133 cm³/mol. The molecule has 1 aliphatic rings. The van der Waals surface area contributed by atoms with Gasteiger partial charge in [-0.15, -0.1) is 5.10 Å². The van der Waals surface area contributed by atoms with Crippen molar-refractivity contribution in [2.24, 2.45) is 0 Å². The van der Waals surface area contributed by atoms with E-state index in [0.29, 0.717) is 11.6 Å². The molecule has 7 nitrogen and oxygen atoms in total. The molecule has 0 aliphatic carbocycles. The molecule has 0 atom stereocenters. The summed E-state index contributed by atoms with van der Waals surface area (Å²) in [5.41, 5.74) is 4.87. The van der Waals surface area contributed by atoms with Crippen LogP contribution in [0.1, 0.15) is 29.8 Å². The highest BCUT2D eigenvalue weighted by molar-refractivity contribution is 6.31. The standard InChI is InChI=1S/C25H26ClN7/c26-20-4-6-24-23(15-20)25(16-21(29-24)5-3-19-7-9-27-10-8-19)28-11-14-33-18-22(30-31-33)17-32-12-1-2-13-32/h3-10,15-16,18H,1-2,11-14,17H2,(H,28,29)/b5-3+. The summed E-state index contributed by atoms with van der Waals surface area (Å²) in [7, 11) is 0. The highest BCUT2D eigenvalue weighted by Gasteiger charge is 2.13. The number of nitrogens with zero attached hydrogens (tertiary/aromatic N) is 6. The third-order valence-electron chi connectivity index (χ3n) is 5.77. The summed E-state index contributed by atoms with van der Waals surface area (Å²) in [6.45, 7) is 4.63. The number of hydrogen-bond acceptors (Lipinski definition) is 6. The Morgan fingerprint density at radius 2 is 1.88 bits per heavy atom. The summed E-state index contributed by atoms with van der Waals surface area (Å²) in [4.78, 5) is 11.3. The largest absolute Gasteiger partial charge is 0.383 e. The minimum Gasteiger partial charge on any atom is -0.383 e. The molecule has 0 radical (unpaired) electrons. The molecule has 1 aliphatic heterocycles. The lowest BCUT2D eigenvalue weighted by molar-refractivity contribution is 0.327. The molecular formula is C25H26ClN7. The number of pyridine rings is 2. The van der Waals surface area contributed by atoms with Crippen molar-refractivity contribution < 1.29 is 0 Å². The molecule has 0 spiro atoms. The quantitative estimate of drug-likeness (QED) is 0.410. The predicted octanol–water partition coefficient (Wildman–Crippen LogP) is 4.75. The summed E-state index contributed by atoms with van der Waals surface area (Å²) in [6.07, 6.45) is 12.2. The smallest absolute Gasteiger partial charge is 0.0967 e. The first-order chi connectivity index (χ1) is 16.2. The van der Waals surface area contributed by atoms with Crippen LogP contribution >= 0.6 is 11.6 Å². The van der Waals surface area contributed by atoms with Gasteiger partial charge in [0.25, 0.3) is 0 Å². The molecule has 0 saturated carbocycles. The molecule has 4 heterocycles. The van der Waals surface area contributed by atoms with Crippen molar-refractivity contribution in [3.8, 4) is 0 Å². The molecule has 3 aromatic heterocycles. The van der Waals surface area contributed by atoms with Gasteiger partial charge in [0.1, 0.15) is 0 Å². The summed E-state index contributed by atoms with van der Waals surface area (Å²) < 4.78 is 1.90. The van der Waals surface area contributed by atoms with Gasteiger partial charge in [-0.2, -0.15) is 0 Å². The average Bonchev–Trinajstić information content (AvgIpc) is 3.51. The van der Waals surface area contributed by atoms with E-state index in [2.05, 4.69) is 31.6 Å². The zero-order valence-electron chi connectivity index (χ0n) is 18.4. The fourth-order valence-electron chi connectivity index (χ4n) is 4.10. The maximum Gasteiger partial charge on any atom is 0.0967 e. The van der Waals surface area contributed by atoms with E-state index in [1.165, 1.54) is 12.8 Å². The number of hydrogen-bond donors (Lipinski definition) is 1. The van der Waals surface area contributed by atoms with Crippen LogP contribution in [0.4, 0.5) is 5.69 Å². The van der Waals surface area contributed by atoms with E-state index in [1.54, 1.807) is 12.4 Å². The zero-order valence-corrected chi connectivity index (χ0v) is 19.1. The van der Waals surface area contributed by atoms with Crippen LogP contribution in [-0.2, 0) is 13.1 Å². The van der Waals surface area contributed by atoms with Crippen LogP contribution in [0.2, 0.25) is 5.02 Å². The number of halogens is 1. The van der Waals surface area contributed by atoms with Crippen molar-refractivity contribution in [2.45, 2.75) is 25.9 Å². The first-order valence-electron chi connectivity index (χ1n) is 11.3. The Kier molecular flexibility index (Phi) is 6.60. The fraction of sp³-hybridized carbons (Fsp3) is 0.280. The SMILES string of the molecule is Clc1ccc2nc(/C=C/c3ccncc3)cc(NCCn3cc(CN4CCCC4)nn3)c2c1. The number of rotatable bonds is 8. The van der Waals surface area contributed by atoms with Gasteiger partial charge in [-0.3, -0.25) is 14.6 Å². The van der Waals surface area contributed by atoms with Crippen molar-refractivity contribution in [1.29, 1.82) is 0 Å². The third kappa shape index (κ3) is 5.56. The molecule has 168 valence electrons. The first-order valence-corrected chi connectivity index (χ1v) is 11.6. The molecule has 1 aromatic carbocycles. The van der Waals surface area contributed by atoms with E-state index in [9.17, 15) is 0 Å². The molecule has 33 heavy (non-hydrogen) atoms. The van der Waals surface area contributed by atoms with Crippen LogP contribution in [0.15, 0.2) is 55.0 Å². The Bertz CT molecular complexity index is 1250. The van der Waals surface area contributed by atoms with Gasteiger partial charge in [-0.25, -0.2) is 4.98 Å². The lowest BCUT2D eigenvalue weighted by Crippen LogP contribution is -2.18. The summed E-state index contributed by atoms with van der Waals surface area (Å²) in [5.74, 6) is 0. The average molecular weight is 460 g/mol. The van der Waals surface area contributed by atoms with Gasteiger partial charge in [0.05, 0.1) is 23.4 Å². The van der Waals surface area contributed by atoms with E-state index in [1.807, 2.05) is 53.4 Å². The number of nitrogens with one attached hydrogen (secondary N) is 1. The van der Waals surface area contributed by atoms with Gasteiger partial charge in [-0.1, -0.05) is 22.9 Å². The van der Waals surface area contributed by atoms with Crippen LogP contribution in [0, 0.1) is 0 Å². The van der Waals surface area contributed by atoms with Crippen molar-refractivity contribution in [3.05, 3.63) is 77.0 Å². The molecule has 4 aromatic rings. The van der Waals surface area contributed by atoms with Crippen LogP contribution in [0.5, 0.6) is 0 Å². The molecule has 8 heteroatoms. The third-order valence-corrected chi connectivity index (χ3v) is 6.01. The zero-order chi connectivity index (χ0) is 22.5. The number of fused-ring (bicyclic) bond motifs is 1. The van der Waals surface area contributed by atoms with Crippen molar-refractivity contribution >= 4 is 40.3 Å². The van der Waals surface area contributed by atoms with Crippen LogP contribution in [0.25, 0.3) is 23.1 Å². The minimum atomic E-state index is 0.690. The van der Waals surface area contributed by atoms with Gasteiger partial charge in [0.15, 0.2) is 0 Å². The first kappa shape index (κ1) is 21.6. The highest BCUT2D eigenvalue weighted by atomic mass is 35.5.